The van der Waals surface area contributed by atoms with Crippen molar-refractivity contribution in [1.29, 1.82) is 0 Å². The number of rotatable bonds is 11. The van der Waals surface area contributed by atoms with Crippen LogP contribution < -0.4 is 10.1 Å². The molecule has 0 unspecified atom stereocenters. The fourth-order valence-corrected chi connectivity index (χ4v) is 3.67. The highest BCUT2D eigenvalue weighted by molar-refractivity contribution is 5.95. The Kier molecular flexibility index (Phi) is 9.17. The molecule has 180 valence electrons. The summed E-state index contributed by atoms with van der Waals surface area (Å²) in [4.78, 5) is 26.7. The topological polar surface area (TPSA) is 110 Å². The van der Waals surface area contributed by atoms with Crippen LogP contribution in [0.2, 0.25) is 0 Å². The van der Waals surface area contributed by atoms with Crippen molar-refractivity contribution in [1.82, 2.24) is 25.2 Å². The van der Waals surface area contributed by atoms with Crippen molar-refractivity contribution >= 4 is 11.8 Å². The molecule has 2 amide bonds. The van der Waals surface area contributed by atoms with Gasteiger partial charge < -0.3 is 20.1 Å². The molecular weight excluding hydrogens is 429 g/mol. The average Bonchev–Trinajstić information content (AvgIpc) is 3.31. The van der Waals surface area contributed by atoms with Gasteiger partial charge in [0.1, 0.15) is 11.4 Å². The average molecular weight is 462 g/mol. The van der Waals surface area contributed by atoms with Gasteiger partial charge in [-0.15, -0.1) is 5.10 Å². The Hall–Kier alpha value is -3.01. The van der Waals surface area contributed by atoms with E-state index in [1.807, 2.05) is 6.92 Å². The third kappa shape index (κ3) is 6.74. The summed E-state index contributed by atoms with van der Waals surface area (Å²) in [6.07, 6.45) is 5.22. The number of alkyl halides is 1. The number of nitrogens with zero attached hydrogens (tertiary/aromatic N) is 4. The number of aromatic nitrogens is 3. The van der Waals surface area contributed by atoms with Crippen molar-refractivity contribution in [2.75, 3.05) is 32.9 Å². The minimum absolute atomic E-state index is 0.205. The van der Waals surface area contributed by atoms with Gasteiger partial charge in [0, 0.05) is 25.2 Å². The molecule has 0 atom stereocenters. The molecule has 2 N–H and O–H groups in total. The highest BCUT2D eigenvalue weighted by atomic mass is 19.1. The lowest BCUT2D eigenvalue weighted by atomic mass is 10.1. The number of ether oxygens (including phenoxy) is 1. The number of unbranched alkanes of at least 4 members (excludes halogenated alkanes) is 3. The van der Waals surface area contributed by atoms with Crippen LogP contribution in [0.3, 0.4) is 0 Å². The summed E-state index contributed by atoms with van der Waals surface area (Å²) in [6.45, 7) is 3.40. The molecule has 0 saturated carbocycles. The number of likely N-dealkylation sites (tertiary alicyclic amines) is 1. The second-order valence-electron chi connectivity index (χ2n) is 8.07. The molecule has 2 aromatic rings. The van der Waals surface area contributed by atoms with Crippen LogP contribution in [-0.4, -0.2) is 75.8 Å². The number of hydrogen-bond donors (Lipinski definition) is 2. The Morgan fingerprint density at radius 1 is 1.21 bits per heavy atom. The summed E-state index contributed by atoms with van der Waals surface area (Å²) in [5.41, 5.74) is 1.22. The van der Waals surface area contributed by atoms with Gasteiger partial charge in [0.05, 0.1) is 25.6 Å². The van der Waals surface area contributed by atoms with Crippen LogP contribution in [-0.2, 0) is 0 Å². The maximum atomic E-state index is 12.8. The van der Waals surface area contributed by atoms with Gasteiger partial charge in [0.15, 0.2) is 5.69 Å². The summed E-state index contributed by atoms with van der Waals surface area (Å²) in [6, 6.07) is 5.03. The van der Waals surface area contributed by atoms with Crippen molar-refractivity contribution in [3.63, 3.8) is 0 Å². The SMILES string of the molecule is CCNC(=O)c1ccc(-n2cc(C(=O)N3CCC(O)CC3)nn2)c(OCCCCCCF)c1. The summed E-state index contributed by atoms with van der Waals surface area (Å²) in [5, 5.41) is 20.6. The third-order valence-electron chi connectivity index (χ3n) is 5.56. The smallest absolute Gasteiger partial charge is 0.276 e. The van der Waals surface area contributed by atoms with Crippen molar-refractivity contribution in [2.45, 2.75) is 51.6 Å². The number of carbonyl (C=O) groups excluding carboxylic acids is 2. The third-order valence-corrected chi connectivity index (χ3v) is 5.56. The van der Waals surface area contributed by atoms with Gasteiger partial charge in [-0.1, -0.05) is 11.6 Å². The molecule has 1 aliphatic rings. The van der Waals surface area contributed by atoms with Gasteiger partial charge in [0.2, 0.25) is 0 Å². The largest absolute Gasteiger partial charge is 0.491 e. The van der Waals surface area contributed by atoms with Crippen molar-refractivity contribution in [3.8, 4) is 11.4 Å². The fourth-order valence-electron chi connectivity index (χ4n) is 3.67. The number of hydrogen-bond acceptors (Lipinski definition) is 6. The van der Waals surface area contributed by atoms with E-state index in [2.05, 4.69) is 15.6 Å². The first-order valence-corrected chi connectivity index (χ1v) is 11.5. The number of nitrogens with one attached hydrogen (secondary N) is 1. The molecule has 0 bridgehead atoms. The number of halogens is 1. The van der Waals surface area contributed by atoms with Gasteiger partial charge >= 0.3 is 0 Å². The van der Waals surface area contributed by atoms with Crippen molar-refractivity contribution in [2.24, 2.45) is 0 Å². The fraction of sp³-hybridized carbons (Fsp3) is 0.565. The van der Waals surface area contributed by atoms with Crippen molar-refractivity contribution < 1.29 is 23.8 Å². The van der Waals surface area contributed by atoms with E-state index in [-0.39, 0.29) is 30.3 Å². The highest BCUT2D eigenvalue weighted by Gasteiger charge is 2.25. The molecule has 0 radical (unpaired) electrons. The molecule has 10 heteroatoms. The first-order chi connectivity index (χ1) is 16.0. The molecular formula is C23H32FN5O4. The molecule has 0 aliphatic carbocycles. The first-order valence-electron chi connectivity index (χ1n) is 11.5. The molecule has 1 aromatic heterocycles. The van der Waals surface area contributed by atoms with E-state index in [9.17, 15) is 19.1 Å². The number of aliphatic hydroxyl groups excluding tert-OH is 1. The Labute approximate surface area is 192 Å². The molecule has 1 fully saturated rings. The quantitative estimate of drug-likeness (QED) is 0.498. The number of carbonyl (C=O) groups is 2. The maximum Gasteiger partial charge on any atom is 0.276 e. The van der Waals surface area contributed by atoms with E-state index in [4.69, 9.17) is 4.74 Å². The minimum atomic E-state index is -0.371. The lowest BCUT2D eigenvalue weighted by molar-refractivity contribution is 0.0541. The Morgan fingerprint density at radius 2 is 1.97 bits per heavy atom. The van der Waals surface area contributed by atoms with Crippen LogP contribution in [0.1, 0.15) is 66.3 Å². The van der Waals surface area contributed by atoms with Crippen LogP contribution in [0.5, 0.6) is 5.75 Å². The summed E-state index contributed by atoms with van der Waals surface area (Å²) in [7, 11) is 0. The summed E-state index contributed by atoms with van der Waals surface area (Å²) < 4.78 is 19.7. The molecule has 33 heavy (non-hydrogen) atoms. The Bertz CT molecular complexity index is 927. The molecule has 9 nitrogen and oxygen atoms in total. The van der Waals surface area contributed by atoms with Crippen LogP contribution in [0, 0.1) is 0 Å². The lowest BCUT2D eigenvalue weighted by Gasteiger charge is -2.28. The van der Waals surface area contributed by atoms with Gasteiger partial charge in [-0.3, -0.25) is 14.0 Å². The standard InChI is InChI=1S/C23H32FN5O4/c1-2-25-22(31)17-7-8-20(21(15-17)33-14-6-4-3-5-11-24)29-16-19(26-27-29)23(32)28-12-9-18(30)10-13-28/h7-8,15-16,18,30H,2-6,9-14H2,1H3,(H,25,31). The van der Waals surface area contributed by atoms with Gasteiger partial charge in [-0.2, -0.15) is 0 Å². The monoisotopic (exact) mass is 461 g/mol. The molecule has 1 aromatic carbocycles. The molecule has 1 saturated heterocycles. The number of benzene rings is 1. The molecule has 0 spiro atoms. The first kappa shape index (κ1) is 24.6. The zero-order valence-corrected chi connectivity index (χ0v) is 19.0. The van der Waals surface area contributed by atoms with E-state index < -0.39 is 0 Å². The summed E-state index contributed by atoms with van der Waals surface area (Å²) >= 11 is 0. The lowest BCUT2D eigenvalue weighted by Crippen LogP contribution is -2.40. The predicted octanol–water partition coefficient (Wildman–Crippen LogP) is 2.52. The Morgan fingerprint density at radius 3 is 2.70 bits per heavy atom. The molecule has 1 aliphatic heterocycles. The van der Waals surface area contributed by atoms with Crippen LogP contribution in [0.4, 0.5) is 4.39 Å². The normalized spacial score (nSPS) is 14.3. The van der Waals surface area contributed by atoms with Gasteiger partial charge in [-0.05, 0) is 57.2 Å². The van der Waals surface area contributed by atoms with E-state index >= 15 is 0 Å². The zero-order valence-electron chi connectivity index (χ0n) is 19.0. The minimum Gasteiger partial charge on any atom is -0.491 e. The van der Waals surface area contributed by atoms with Crippen LogP contribution in [0.25, 0.3) is 5.69 Å². The maximum absolute atomic E-state index is 12.8. The summed E-state index contributed by atoms with van der Waals surface area (Å²) in [5.74, 6) is 0.00949. The van der Waals surface area contributed by atoms with E-state index in [1.165, 1.54) is 4.68 Å². The van der Waals surface area contributed by atoms with E-state index in [0.717, 1.165) is 19.3 Å². The van der Waals surface area contributed by atoms with Gasteiger partial charge in [0.25, 0.3) is 11.8 Å². The predicted molar refractivity (Wildman–Crippen MR) is 120 cm³/mol. The van der Waals surface area contributed by atoms with E-state index in [0.29, 0.717) is 62.5 Å². The van der Waals surface area contributed by atoms with E-state index in [1.54, 1.807) is 29.3 Å². The second kappa shape index (κ2) is 12.3. The number of amides is 2. The second-order valence-corrected chi connectivity index (χ2v) is 8.07. The van der Waals surface area contributed by atoms with Crippen molar-refractivity contribution in [3.05, 3.63) is 35.7 Å². The molecule has 3 rings (SSSR count). The highest BCUT2D eigenvalue weighted by Crippen LogP contribution is 2.25. The number of aliphatic hydroxyl groups is 1. The molecule has 2 heterocycles. The van der Waals surface area contributed by atoms with Crippen LogP contribution in [0.15, 0.2) is 24.4 Å². The number of piperidine rings is 1. The van der Waals surface area contributed by atoms with Crippen LogP contribution >= 0.6 is 0 Å². The zero-order chi connectivity index (χ0) is 23.6. The Balaban J connectivity index is 1.76. The van der Waals surface area contributed by atoms with Gasteiger partial charge in [-0.25, -0.2) is 4.68 Å².